The first-order chi connectivity index (χ1) is 9.72. The van der Waals surface area contributed by atoms with Gasteiger partial charge in [-0.05, 0) is 62.4 Å². The average molecular weight is 313 g/mol. The molecule has 0 aliphatic carbocycles. The van der Waals surface area contributed by atoms with Gasteiger partial charge in [-0.15, -0.1) is 0 Å². The first kappa shape index (κ1) is 14.6. The molecule has 0 saturated carbocycles. The summed E-state index contributed by atoms with van der Waals surface area (Å²) in [6.45, 7) is 4.59. The Morgan fingerprint density at radius 1 is 1.15 bits per heavy atom. The molecule has 110 valence electrons. The van der Waals surface area contributed by atoms with Crippen molar-refractivity contribution in [2.24, 2.45) is 5.92 Å². The van der Waals surface area contributed by atoms with Crippen molar-refractivity contribution in [2.45, 2.75) is 38.3 Å². The number of nitrogens with zero attached hydrogens (tertiary/aromatic N) is 1. The number of hydrogen-bond donors (Lipinski definition) is 1. The summed E-state index contributed by atoms with van der Waals surface area (Å²) in [5, 5.41) is 4.97. The van der Waals surface area contributed by atoms with Crippen molar-refractivity contribution in [3.05, 3.63) is 33.8 Å². The van der Waals surface area contributed by atoms with Crippen molar-refractivity contribution < 1.29 is 0 Å². The first-order valence-electron chi connectivity index (χ1n) is 7.62. The third-order valence-corrected chi connectivity index (χ3v) is 5.34. The highest BCUT2D eigenvalue weighted by atomic mass is 35.5. The van der Waals surface area contributed by atoms with E-state index in [0.29, 0.717) is 10.0 Å². The van der Waals surface area contributed by atoms with Crippen LogP contribution in [0.25, 0.3) is 0 Å². The Bertz CT molecular complexity index is 458. The Morgan fingerprint density at radius 2 is 2.05 bits per heavy atom. The maximum atomic E-state index is 6.10. The van der Waals surface area contributed by atoms with E-state index in [1.54, 1.807) is 0 Å². The minimum absolute atomic E-state index is 0.641. The topological polar surface area (TPSA) is 15.3 Å². The smallest absolute Gasteiger partial charge is 0.0595 e. The van der Waals surface area contributed by atoms with E-state index in [2.05, 4.69) is 16.3 Å². The summed E-state index contributed by atoms with van der Waals surface area (Å²) < 4.78 is 0. The van der Waals surface area contributed by atoms with Gasteiger partial charge < -0.3 is 5.32 Å². The molecule has 0 radical (unpaired) electrons. The van der Waals surface area contributed by atoms with Crippen LogP contribution in [0.1, 0.15) is 31.2 Å². The van der Waals surface area contributed by atoms with Gasteiger partial charge in [-0.2, -0.15) is 0 Å². The molecule has 2 aliphatic rings. The summed E-state index contributed by atoms with van der Waals surface area (Å²) in [6.07, 6.45) is 5.37. The van der Waals surface area contributed by atoms with Gasteiger partial charge in [0.05, 0.1) is 10.0 Å². The molecule has 2 saturated heterocycles. The number of rotatable bonds is 3. The first-order valence-corrected chi connectivity index (χ1v) is 8.37. The van der Waals surface area contributed by atoms with E-state index >= 15 is 0 Å². The standard InChI is InChI=1S/C16H22Cl2N2/c17-14-6-5-12(9-15(14)18)10-20-8-2-3-13(11-20)16-4-1-7-19-16/h5-6,9,13,16,19H,1-4,7-8,10-11H2. The van der Waals surface area contributed by atoms with Crippen LogP contribution in [0.3, 0.4) is 0 Å². The molecule has 0 aromatic heterocycles. The zero-order valence-corrected chi connectivity index (χ0v) is 13.3. The molecular weight excluding hydrogens is 291 g/mol. The van der Waals surface area contributed by atoms with Gasteiger partial charge in [0.1, 0.15) is 0 Å². The second kappa shape index (κ2) is 6.65. The second-order valence-electron chi connectivity index (χ2n) is 6.09. The number of likely N-dealkylation sites (tertiary alicyclic amines) is 1. The van der Waals surface area contributed by atoms with E-state index in [1.807, 2.05) is 12.1 Å². The van der Waals surface area contributed by atoms with Crippen LogP contribution in [0.15, 0.2) is 18.2 Å². The Kier molecular flexibility index (Phi) is 4.87. The molecule has 2 aliphatic heterocycles. The monoisotopic (exact) mass is 312 g/mol. The van der Waals surface area contributed by atoms with Crippen molar-refractivity contribution in [2.75, 3.05) is 19.6 Å². The van der Waals surface area contributed by atoms with Crippen LogP contribution in [-0.4, -0.2) is 30.6 Å². The van der Waals surface area contributed by atoms with E-state index in [0.717, 1.165) is 18.5 Å². The van der Waals surface area contributed by atoms with E-state index in [9.17, 15) is 0 Å². The van der Waals surface area contributed by atoms with Crippen molar-refractivity contribution >= 4 is 23.2 Å². The highest BCUT2D eigenvalue weighted by Gasteiger charge is 2.28. The summed E-state index contributed by atoms with van der Waals surface area (Å²) >= 11 is 12.1. The Hall–Kier alpha value is -0.280. The summed E-state index contributed by atoms with van der Waals surface area (Å²) in [5.74, 6) is 0.814. The lowest BCUT2D eigenvalue weighted by atomic mass is 9.89. The van der Waals surface area contributed by atoms with E-state index in [1.165, 1.54) is 50.9 Å². The zero-order valence-electron chi connectivity index (χ0n) is 11.7. The summed E-state index contributed by atoms with van der Waals surface area (Å²) in [5.41, 5.74) is 1.26. The highest BCUT2D eigenvalue weighted by molar-refractivity contribution is 6.42. The molecule has 3 rings (SSSR count). The zero-order chi connectivity index (χ0) is 13.9. The minimum Gasteiger partial charge on any atom is -0.314 e. The Labute approximate surface area is 131 Å². The van der Waals surface area contributed by atoms with Crippen LogP contribution < -0.4 is 5.32 Å². The van der Waals surface area contributed by atoms with E-state index < -0.39 is 0 Å². The van der Waals surface area contributed by atoms with Crippen LogP contribution in [0.5, 0.6) is 0 Å². The number of piperidine rings is 1. The lowest BCUT2D eigenvalue weighted by molar-refractivity contribution is 0.145. The lowest BCUT2D eigenvalue weighted by Crippen LogP contribution is -2.43. The third-order valence-electron chi connectivity index (χ3n) is 4.60. The molecule has 0 amide bonds. The van der Waals surface area contributed by atoms with Gasteiger partial charge in [0.15, 0.2) is 0 Å². The summed E-state index contributed by atoms with van der Waals surface area (Å²) in [4.78, 5) is 2.56. The molecule has 1 aromatic rings. The normalized spacial score (nSPS) is 27.9. The fraction of sp³-hybridized carbons (Fsp3) is 0.625. The third kappa shape index (κ3) is 3.48. The van der Waals surface area contributed by atoms with Gasteiger partial charge in [0.2, 0.25) is 0 Å². The van der Waals surface area contributed by atoms with Crippen LogP contribution in [0, 0.1) is 5.92 Å². The number of hydrogen-bond acceptors (Lipinski definition) is 2. The molecule has 0 spiro atoms. The molecule has 0 bridgehead atoms. The molecule has 1 N–H and O–H groups in total. The predicted octanol–water partition coefficient (Wildman–Crippen LogP) is 3.96. The predicted molar refractivity (Wildman–Crippen MR) is 85.5 cm³/mol. The van der Waals surface area contributed by atoms with Gasteiger partial charge in [0, 0.05) is 19.1 Å². The van der Waals surface area contributed by atoms with Crippen molar-refractivity contribution in [1.29, 1.82) is 0 Å². The lowest BCUT2D eigenvalue weighted by Gasteiger charge is -2.35. The van der Waals surface area contributed by atoms with Crippen LogP contribution in [0.2, 0.25) is 10.0 Å². The van der Waals surface area contributed by atoms with Gasteiger partial charge in [-0.3, -0.25) is 4.90 Å². The Morgan fingerprint density at radius 3 is 2.80 bits per heavy atom. The largest absolute Gasteiger partial charge is 0.314 e. The van der Waals surface area contributed by atoms with Gasteiger partial charge in [-0.1, -0.05) is 29.3 Å². The van der Waals surface area contributed by atoms with E-state index in [-0.39, 0.29) is 0 Å². The molecule has 2 atom stereocenters. The minimum atomic E-state index is 0.641. The quantitative estimate of drug-likeness (QED) is 0.909. The molecule has 2 fully saturated rings. The molecular formula is C16H22Cl2N2. The van der Waals surface area contributed by atoms with Crippen molar-refractivity contribution in [3.8, 4) is 0 Å². The maximum absolute atomic E-state index is 6.10. The van der Waals surface area contributed by atoms with Crippen LogP contribution in [-0.2, 0) is 6.54 Å². The van der Waals surface area contributed by atoms with Gasteiger partial charge >= 0.3 is 0 Å². The van der Waals surface area contributed by atoms with Gasteiger partial charge in [-0.25, -0.2) is 0 Å². The molecule has 1 aromatic carbocycles. The molecule has 2 heterocycles. The summed E-state index contributed by atoms with van der Waals surface area (Å²) in [6, 6.07) is 6.73. The molecule has 2 unspecified atom stereocenters. The van der Waals surface area contributed by atoms with Gasteiger partial charge in [0.25, 0.3) is 0 Å². The average Bonchev–Trinajstić information content (AvgIpc) is 2.97. The SMILES string of the molecule is Clc1ccc(CN2CCCC(C3CCCN3)C2)cc1Cl. The van der Waals surface area contributed by atoms with Crippen LogP contribution in [0.4, 0.5) is 0 Å². The maximum Gasteiger partial charge on any atom is 0.0595 e. The fourth-order valence-electron chi connectivity index (χ4n) is 3.57. The number of halogens is 2. The molecule has 20 heavy (non-hydrogen) atoms. The van der Waals surface area contributed by atoms with Crippen molar-refractivity contribution in [3.63, 3.8) is 0 Å². The highest BCUT2D eigenvalue weighted by Crippen LogP contribution is 2.27. The van der Waals surface area contributed by atoms with E-state index in [4.69, 9.17) is 23.2 Å². The Balaban J connectivity index is 1.60. The number of benzene rings is 1. The fourth-order valence-corrected chi connectivity index (χ4v) is 3.89. The van der Waals surface area contributed by atoms with Crippen molar-refractivity contribution in [1.82, 2.24) is 10.2 Å². The van der Waals surface area contributed by atoms with Crippen LogP contribution >= 0.6 is 23.2 Å². The molecule has 2 nitrogen and oxygen atoms in total. The summed E-state index contributed by atoms with van der Waals surface area (Å²) in [7, 11) is 0. The second-order valence-corrected chi connectivity index (χ2v) is 6.90. The molecule has 4 heteroatoms. The number of nitrogens with one attached hydrogen (secondary N) is 1.